The summed E-state index contributed by atoms with van der Waals surface area (Å²) in [6.45, 7) is -0.0158. The Balaban J connectivity index is 2.62. The Morgan fingerprint density at radius 2 is 2.50 bits per heavy atom. The smallest absolute Gasteiger partial charge is 0.293 e. The van der Waals surface area contributed by atoms with Crippen molar-refractivity contribution in [2.24, 2.45) is 0 Å². The van der Waals surface area contributed by atoms with Gasteiger partial charge < -0.3 is 4.74 Å². The van der Waals surface area contributed by atoms with Gasteiger partial charge in [-0.2, -0.15) is 0 Å². The quantitative estimate of drug-likeness (QED) is 0.319. The molecular formula is C4H7FO2S. The maximum absolute atomic E-state index is 11.3. The molecule has 0 saturated heterocycles. The number of alkyl halides is 1. The number of carbonyl (C=O) groups is 1. The number of thioether (sulfide) groups is 1. The second kappa shape index (κ2) is 6.75. The first-order valence-electron chi connectivity index (χ1n) is 2.10. The van der Waals surface area contributed by atoms with Gasteiger partial charge in [0.15, 0.2) is 0 Å². The average Bonchev–Trinajstić information content (AvgIpc) is 1.81. The molecule has 0 aliphatic rings. The highest BCUT2D eigenvalue weighted by atomic mass is 32.2. The molecule has 0 aliphatic carbocycles. The van der Waals surface area contributed by atoms with Crippen LogP contribution in [0.1, 0.15) is 0 Å². The van der Waals surface area contributed by atoms with Crippen LogP contribution in [0.2, 0.25) is 0 Å². The molecule has 0 N–H and O–H groups in total. The second-order valence-corrected chi connectivity index (χ2v) is 2.03. The van der Waals surface area contributed by atoms with Gasteiger partial charge in [0.25, 0.3) is 6.47 Å². The molecule has 0 heterocycles. The lowest BCUT2D eigenvalue weighted by Crippen LogP contribution is -1.88. The van der Waals surface area contributed by atoms with Gasteiger partial charge in [-0.25, -0.2) is 0 Å². The Labute approximate surface area is 51.4 Å². The van der Waals surface area contributed by atoms with E-state index in [1.165, 1.54) is 11.8 Å². The van der Waals surface area contributed by atoms with Gasteiger partial charge in [-0.05, 0) is 0 Å². The number of carbonyl (C=O) groups excluding carboxylic acids is 1. The van der Waals surface area contributed by atoms with Gasteiger partial charge >= 0.3 is 0 Å². The lowest BCUT2D eigenvalue weighted by Gasteiger charge is -1.92. The van der Waals surface area contributed by atoms with Gasteiger partial charge in [-0.15, -0.1) is 11.8 Å². The van der Waals surface area contributed by atoms with Crippen molar-refractivity contribution in [1.29, 1.82) is 0 Å². The van der Waals surface area contributed by atoms with Gasteiger partial charge in [-0.1, -0.05) is 0 Å². The SMILES string of the molecule is O=COCSCCF. The van der Waals surface area contributed by atoms with E-state index in [9.17, 15) is 9.18 Å². The molecule has 0 rings (SSSR count). The second-order valence-electron chi connectivity index (χ2n) is 0.978. The minimum atomic E-state index is -0.368. The zero-order valence-corrected chi connectivity index (χ0v) is 5.12. The molecule has 4 heteroatoms. The van der Waals surface area contributed by atoms with Crippen LogP contribution in [0, 0.1) is 0 Å². The van der Waals surface area contributed by atoms with Gasteiger partial charge in [0.05, 0.1) is 6.67 Å². The molecule has 0 amide bonds. The predicted octanol–water partition coefficient (Wildman–Crippen LogP) is 0.820. The first-order valence-corrected chi connectivity index (χ1v) is 3.26. The maximum Gasteiger partial charge on any atom is 0.293 e. The lowest BCUT2D eigenvalue weighted by molar-refractivity contribution is -0.126. The molecule has 0 aromatic heterocycles. The number of rotatable bonds is 5. The molecule has 0 aromatic rings. The van der Waals surface area contributed by atoms with E-state index < -0.39 is 0 Å². The van der Waals surface area contributed by atoms with E-state index >= 15 is 0 Å². The number of ether oxygens (including phenoxy) is 1. The predicted molar refractivity (Wildman–Crippen MR) is 30.4 cm³/mol. The molecule has 0 aromatic carbocycles. The Hall–Kier alpha value is -0.250. The third-order valence-electron chi connectivity index (χ3n) is 0.441. The molecule has 0 saturated carbocycles. The summed E-state index contributed by atoms with van der Waals surface area (Å²) in [6.07, 6.45) is 0. The summed E-state index contributed by atoms with van der Waals surface area (Å²) in [5.74, 6) is 0.654. The van der Waals surface area contributed by atoms with Crippen molar-refractivity contribution in [3.63, 3.8) is 0 Å². The first-order chi connectivity index (χ1) is 3.91. The van der Waals surface area contributed by atoms with Crippen molar-refractivity contribution in [1.82, 2.24) is 0 Å². The zero-order chi connectivity index (χ0) is 6.24. The van der Waals surface area contributed by atoms with Crippen molar-refractivity contribution in [3.05, 3.63) is 0 Å². The monoisotopic (exact) mass is 138 g/mol. The van der Waals surface area contributed by atoms with E-state index in [4.69, 9.17) is 0 Å². The molecule has 8 heavy (non-hydrogen) atoms. The van der Waals surface area contributed by atoms with Crippen LogP contribution < -0.4 is 0 Å². The van der Waals surface area contributed by atoms with Crippen LogP contribution in [0.4, 0.5) is 4.39 Å². The van der Waals surface area contributed by atoms with Crippen LogP contribution in [0.25, 0.3) is 0 Å². The van der Waals surface area contributed by atoms with E-state index in [1.54, 1.807) is 0 Å². The van der Waals surface area contributed by atoms with Gasteiger partial charge in [-0.3, -0.25) is 9.18 Å². The molecule has 0 unspecified atom stereocenters. The molecule has 0 aliphatic heterocycles. The summed E-state index contributed by atoms with van der Waals surface area (Å²) in [6, 6.07) is 0. The molecule has 48 valence electrons. The number of hydrogen-bond donors (Lipinski definition) is 0. The van der Waals surface area contributed by atoms with Crippen molar-refractivity contribution in [3.8, 4) is 0 Å². The molecule has 2 nitrogen and oxygen atoms in total. The molecule has 0 bridgehead atoms. The zero-order valence-electron chi connectivity index (χ0n) is 4.30. The largest absolute Gasteiger partial charge is 0.457 e. The van der Waals surface area contributed by atoms with Crippen LogP contribution in [-0.4, -0.2) is 24.8 Å². The molecule has 0 radical (unpaired) electrons. The minimum Gasteiger partial charge on any atom is -0.457 e. The number of halogens is 1. The van der Waals surface area contributed by atoms with Gasteiger partial charge in [0.2, 0.25) is 0 Å². The number of hydrogen-bond acceptors (Lipinski definition) is 3. The fourth-order valence-electron chi connectivity index (χ4n) is 0.189. The minimum absolute atomic E-state index is 0.257. The van der Waals surface area contributed by atoms with Crippen molar-refractivity contribution >= 4 is 18.2 Å². The van der Waals surface area contributed by atoms with Crippen LogP contribution in [0.15, 0.2) is 0 Å². The summed E-state index contributed by atoms with van der Waals surface area (Å²) in [5.41, 5.74) is 0. The molecule has 0 spiro atoms. The third kappa shape index (κ3) is 5.75. The fourth-order valence-corrected chi connectivity index (χ4v) is 0.568. The third-order valence-corrected chi connectivity index (χ3v) is 1.19. The van der Waals surface area contributed by atoms with Crippen LogP contribution in [0.3, 0.4) is 0 Å². The van der Waals surface area contributed by atoms with Gasteiger partial charge in [0, 0.05) is 5.75 Å². The van der Waals surface area contributed by atoms with Crippen LogP contribution in [0.5, 0.6) is 0 Å². The summed E-state index contributed by atoms with van der Waals surface area (Å²) < 4.78 is 15.5. The Bertz CT molecular complexity index is 60.0. The van der Waals surface area contributed by atoms with E-state index in [2.05, 4.69) is 4.74 Å². The summed E-state index contributed by atoms with van der Waals surface area (Å²) >= 11 is 1.25. The summed E-state index contributed by atoms with van der Waals surface area (Å²) in [5, 5.41) is 0. The highest BCUT2D eigenvalue weighted by Gasteiger charge is 1.84. The van der Waals surface area contributed by atoms with Crippen LogP contribution in [-0.2, 0) is 9.53 Å². The van der Waals surface area contributed by atoms with Crippen LogP contribution >= 0.6 is 11.8 Å². The van der Waals surface area contributed by atoms with E-state index in [-0.39, 0.29) is 12.6 Å². The highest BCUT2D eigenvalue weighted by Crippen LogP contribution is 1.97. The summed E-state index contributed by atoms with van der Waals surface area (Å²) in [4.78, 5) is 9.44. The highest BCUT2D eigenvalue weighted by molar-refractivity contribution is 7.99. The Morgan fingerprint density at radius 3 is 3.00 bits per heavy atom. The van der Waals surface area contributed by atoms with Crippen molar-refractivity contribution < 1.29 is 13.9 Å². The average molecular weight is 138 g/mol. The topological polar surface area (TPSA) is 26.3 Å². The van der Waals surface area contributed by atoms with E-state index in [1.807, 2.05) is 0 Å². The maximum atomic E-state index is 11.3. The Morgan fingerprint density at radius 1 is 1.75 bits per heavy atom. The molecule has 0 atom stereocenters. The normalized spacial score (nSPS) is 8.62. The van der Waals surface area contributed by atoms with E-state index in [0.29, 0.717) is 12.2 Å². The van der Waals surface area contributed by atoms with Crippen molar-refractivity contribution in [2.45, 2.75) is 0 Å². The Kier molecular flexibility index (Phi) is 6.54. The van der Waals surface area contributed by atoms with Gasteiger partial charge in [0.1, 0.15) is 5.94 Å². The summed E-state index contributed by atoms with van der Waals surface area (Å²) in [7, 11) is 0. The van der Waals surface area contributed by atoms with E-state index in [0.717, 1.165) is 0 Å². The fraction of sp³-hybridized carbons (Fsp3) is 0.750. The van der Waals surface area contributed by atoms with Crippen molar-refractivity contribution in [2.75, 3.05) is 18.4 Å². The molecule has 0 fully saturated rings. The standard InChI is InChI=1S/C4H7FO2S/c5-1-2-8-4-7-3-6/h3H,1-2,4H2. The molecular weight excluding hydrogens is 131 g/mol. The first kappa shape index (κ1) is 7.75. The lowest BCUT2D eigenvalue weighted by atomic mass is 10.9.